The summed E-state index contributed by atoms with van der Waals surface area (Å²) in [6, 6.07) is 0. The highest BCUT2D eigenvalue weighted by atomic mass is 35.5. The molecule has 17 heavy (non-hydrogen) atoms. The van der Waals surface area contributed by atoms with Crippen LogP contribution in [0.2, 0.25) is 5.02 Å². The van der Waals surface area contributed by atoms with E-state index < -0.39 is 11.1 Å². The van der Waals surface area contributed by atoms with E-state index in [2.05, 4.69) is 15.3 Å². The Morgan fingerprint density at radius 1 is 1.53 bits per heavy atom. The van der Waals surface area contributed by atoms with E-state index in [9.17, 15) is 4.21 Å². The van der Waals surface area contributed by atoms with Gasteiger partial charge in [0.25, 0.3) is 0 Å². The summed E-state index contributed by atoms with van der Waals surface area (Å²) < 4.78 is 17.4. The predicted molar refractivity (Wildman–Crippen MR) is 65.4 cm³/mol. The van der Waals surface area contributed by atoms with Crippen LogP contribution >= 0.6 is 11.6 Å². The zero-order valence-electron chi connectivity index (χ0n) is 9.57. The molecule has 0 amide bonds. The maximum absolute atomic E-state index is 10.7. The molecule has 0 aliphatic heterocycles. The molecule has 0 radical (unpaired) electrons. The van der Waals surface area contributed by atoms with Crippen molar-refractivity contribution in [1.82, 2.24) is 19.8 Å². The summed E-state index contributed by atoms with van der Waals surface area (Å²) in [5.41, 5.74) is 1.50. The highest BCUT2D eigenvalue weighted by Crippen LogP contribution is 2.20. The number of aromatic amines is 1. The number of aryl methyl sites for hydroxylation is 2. The highest BCUT2D eigenvalue weighted by molar-refractivity contribution is 7.79. The van der Waals surface area contributed by atoms with Crippen LogP contribution in [0.15, 0.2) is 0 Å². The van der Waals surface area contributed by atoms with E-state index in [4.69, 9.17) is 15.8 Å². The van der Waals surface area contributed by atoms with Crippen molar-refractivity contribution in [1.29, 1.82) is 0 Å². The molecule has 2 rings (SSSR count). The lowest BCUT2D eigenvalue weighted by molar-refractivity contribution is 0.341. The number of H-pyrrole nitrogens is 1. The molecule has 1 atom stereocenters. The molecule has 94 valence electrons. The first-order valence-electron chi connectivity index (χ1n) is 5.14. The lowest BCUT2D eigenvalue weighted by Crippen LogP contribution is -2.02. The smallest absolute Gasteiger partial charge is 0.196 e. The van der Waals surface area contributed by atoms with Crippen LogP contribution in [0.3, 0.4) is 0 Å². The SMILES string of the molecule is Cc1[nH]n2c(CCCOS(C)=O)nnc2c1Cl. The van der Waals surface area contributed by atoms with Crippen LogP contribution in [0.25, 0.3) is 5.65 Å². The molecule has 0 aliphatic rings. The zero-order valence-corrected chi connectivity index (χ0v) is 11.1. The van der Waals surface area contributed by atoms with Crippen molar-refractivity contribution in [2.75, 3.05) is 12.9 Å². The van der Waals surface area contributed by atoms with Crippen LogP contribution < -0.4 is 0 Å². The van der Waals surface area contributed by atoms with Gasteiger partial charge in [0.05, 0.1) is 12.3 Å². The lowest BCUT2D eigenvalue weighted by atomic mass is 10.3. The number of hydrogen-bond donors (Lipinski definition) is 1. The van der Waals surface area contributed by atoms with Gasteiger partial charge in [-0.2, -0.15) is 0 Å². The van der Waals surface area contributed by atoms with Gasteiger partial charge in [-0.05, 0) is 13.3 Å². The molecule has 1 N–H and O–H groups in total. The normalized spacial score (nSPS) is 13.4. The van der Waals surface area contributed by atoms with E-state index in [-0.39, 0.29) is 0 Å². The van der Waals surface area contributed by atoms with Crippen molar-refractivity contribution in [3.63, 3.8) is 0 Å². The first-order valence-corrected chi connectivity index (χ1v) is 7.00. The van der Waals surface area contributed by atoms with Crippen molar-refractivity contribution >= 4 is 28.3 Å². The number of aromatic nitrogens is 4. The number of rotatable bonds is 5. The minimum Gasteiger partial charge on any atom is -0.294 e. The lowest BCUT2D eigenvalue weighted by Gasteiger charge is -1.98. The summed E-state index contributed by atoms with van der Waals surface area (Å²) >= 11 is 4.83. The summed E-state index contributed by atoms with van der Waals surface area (Å²) in [7, 11) is 0. The molecule has 6 nitrogen and oxygen atoms in total. The third kappa shape index (κ3) is 2.67. The second-order valence-corrected chi connectivity index (χ2v) is 5.07. The van der Waals surface area contributed by atoms with Crippen molar-refractivity contribution in [3.8, 4) is 0 Å². The number of nitrogens with one attached hydrogen (secondary N) is 1. The Hall–Kier alpha value is -0.920. The minimum atomic E-state index is -1.21. The zero-order chi connectivity index (χ0) is 12.4. The Labute approximate surface area is 106 Å². The number of hydrogen-bond acceptors (Lipinski definition) is 4. The van der Waals surface area contributed by atoms with Crippen LogP contribution in [-0.4, -0.2) is 36.9 Å². The van der Waals surface area contributed by atoms with E-state index in [0.717, 1.165) is 17.9 Å². The van der Waals surface area contributed by atoms with E-state index in [1.54, 1.807) is 4.52 Å². The molecule has 0 saturated carbocycles. The van der Waals surface area contributed by atoms with Crippen LogP contribution in [0.5, 0.6) is 0 Å². The van der Waals surface area contributed by atoms with E-state index in [0.29, 0.717) is 23.7 Å². The second-order valence-electron chi connectivity index (χ2n) is 3.65. The fourth-order valence-electron chi connectivity index (χ4n) is 1.53. The summed E-state index contributed by atoms with van der Waals surface area (Å²) in [6.07, 6.45) is 2.92. The standard InChI is InChI=1S/C9H13ClN4O2S/c1-6-8(10)9-12-11-7(14(9)13-6)4-3-5-16-17(2)15/h13H,3-5H2,1-2H3. The summed E-state index contributed by atoms with van der Waals surface area (Å²) in [5.74, 6) is 0.792. The summed E-state index contributed by atoms with van der Waals surface area (Å²) in [6.45, 7) is 2.32. The highest BCUT2D eigenvalue weighted by Gasteiger charge is 2.12. The maximum Gasteiger partial charge on any atom is 0.196 e. The molecule has 0 aromatic carbocycles. The first-order chi connectivity index (χ1) is 8.09. The van der Waals surface area contributed by atoms with Crippen molar-refractivity contribution in [2.45, 2.75) is 19.8 Å². The van der Waals surface area contributed by atoms with Crippen molar-refractivity contribution in [2.24, 2.45) is 0 Å². The van der Waals surface area contributed by atoms with Gasteiger partial charge in [-0.3, -0.25) is 9.28 Å². The molecule has 0 bridgehead atoms. The van der Waals surface area contributed by atoms with Gasteiger partial charge in [-0.1, -0.05) is 11.6 Å². The maximum atomic E-state index is 10.7. The predicted octanol–water partition coefficient (Wildman–Crippen LogP) is 1.26. The van der Waals surface area contributed by atoms with Gasteiger partial charge in [0, 0.05) is 12.7 Å². The molecule has 0 saturated heterocycles. The number of halogens is 1. The molecule has 8 heteroatoms. The number of fused-ring (bicyclic) bond motifs is 1. The Bertz CT molecular complexity index is 550. The fraction of sp³-hybridized carbons (Fsp3) is 0.556. The minimum absolute atomic E-state index is 0.436. The topological polar surface area (TPSA) is 72.3 Å². The Balaban J connectivity index is 2.04. The molecule has 0 aliphatic carbocycles. The van der Waals surface area contributed by atoms with Crippen molar-refractivity contribution < 1.29 is 8.39 Å². The van der Waals surface area contributed by atoms with Gasteiger partial charge in [-0.25, -0.2) is 8.72 Å². The van der Waals surface area contributed by atoms with Gasteiger partial charge in [0.15, 0.2) is 22.6 Å². The molecule has 2 aromatic rings. The van der Waals surface area contributed by atoms with Crippen LogP contribution in [0.4, 0.5) is 0 Å². The molecular formula is C9H13ClN4O2S. The van der Waals surface area contributed by atoms with Crippen LogP contribution in [0, 0.1) is 6.92 Å². The van der Waals surface area contributed by atoms with E-state index in [1.165, 1.54) is 6.26 Å². The van der Waals surface area contributed by atoms with Gasteiger partial charge in [-0.15, -0.1) is 10.2 Å². The number of nitrogens with zero attached hydrogens (tertiary/aromatic N) is 3. The second kappa shape index (κ2) is 5.16. The van der Waals surface area contributed by atoms with E-state index in [1.807, 2.05) is 6.92 Å². The largest absolute Gasteiger partial charge is 0.294 e. The third-order valence-corrected chi connectivity index (χ3v) is 3.28. The van der Waals surface area contributed by atoms with E-state index >= 15 is 0 Å². The van der Waals surface area contributed by atoms with Gasteiger partial charge >= 0.3 is 0 Å². The quantitative estimate of drug-likeness (QED) is 0.835. The third-order valence-electron chi connectivity index (χ3n) is 2.33. The fourth-order valence-corrected chi connectivity index (χ4v) is 2.05. The van der Waals surface area contributed by atoms with Crippen LogP contribution in [-0.2, 0) is 21.7 Å². The average Bonchev–Trinajstić information content (AvgIpc) is 2.77. The molecule has 0 spiro atoms. The van der Waals surface area contributed by atoms with Crippen molar-refractivity contribution in [3.05, 3.63) is 16.5 Å². The molecule has 0 fully saturated rings. The van der Waals surface area contributed by atoms with Gasteiger partial charge in [0.1, 0.15) is 5.02 Å². The Morgan fingerprint density at radius 3 is 3.00 bits per heavy atom. The Morgan fingerprint density at radius 2 is 2.29 bits per heavy atom. The first kappa shape index (κ1) is 12.5. The average molecular weight is 277 g/mol. The summed E-state index contributed by atoms with van der Waals surface area (Å²) in [5, 5.41) is 11.7. The monoisotopic (exact) mass is 276 g/mol. The van der Waals surface area contributed by atoms with Gasteiger partial charge in [0.2, 0.25) is 0 Å². The Kier molecular flexibility index (Phi) is 3.80. The van der Waals surface area contributed by atoms with Gasteiger partial charge < -0.3 is 0 Å². The molecule has 2 aromatic heterocycles. The summed E-state index contributed by atoms with van der Waals surface area (Å²) in [4.78, 5) is 0. The molecular weight excluding hydrogens is 264 g/mol. The molecule has 1 unspecified atom stereocenters. The van der Waals surface area contributed by atoms with Crippen LogP contribution in [0.1, 0.15) is 17.9 Å². The molecule has 2 heterocycles.